The van der Waals surface area contributed by atoms with Gasteiger partial charge in [-0.15, -0.1) is 0 Å². The second-order valence-corrected chi connectivity index (χ2v) is 6.17. The van der Waals surface area contributed by atoms with Crippen molar-refractivity contribution in [3.05, 3.63) is 0 Å². The predicted molar refractivity (Wildman–Crippen MR) is 72.5 cm³/mol. The van der Waals surface area contributed by atoms with Crippen LogP contribution in [0.2, 0.25) is 0 Å². The molecule has 1 saturated carbocycles. The van der Waals surface area contributed by atoms with E-state index in [1.807, 2.05) is 0 Å². The number of carbonyl (C=O) groups is 2. The fourth-order valence-corrected chi connectivity index (χ4v) is 1.72. The molecule has 0 spiro atoms. The van der Waals surface area contributed by atoms with E-state index >= 15 is 0 Å². The average molecular weight is 271 g/mol. The molecule has 2 amide bonds. The largest absolute Gasteiger partial charge is 0.444 e. The number of hydrogen-bond acceptors (Lipinski definition) is 4. The fraction of sp³-hybridized carbons (Fsp3) is 0.846. The van der Waals surface area contributed by atoms with Crippen LogP contribution in [0.4, 0.5) is 4.79 Å². The maximum Gasteiger partial charge on any atom is 0.407 e. The Bertz CT molecular complexity index is 335. The van der Waals surface area contributed by atoms with E-state index in [-0.39, 0.29) is 0 Å². The lowest BCUT2D eigenvalue weighted by atomic mass is 10.1. The van der Waals surface area contributed by atoms with Gasteiger partial charge in [0, 0.05) is 0 Å². The molecule has 4 N–H and O–H groups in total. The summed E-state index contributed by atoms with van der Waals surface area (Å²) in [5.41, 5.74) is 4.79. The molecule has 0 aromatic heterocycles. The number of nitrogens with two attached hydrogens (primary N) is 1. The number of alkyl carbamates (subject to hydrolysis) is 1. The van der Waals surface area contributed by atoms with Crippen molar-refractivity contribution < 1.29 is 14.3 Å². The first-order chi connectivity index (χ1) is 8.69. The van der Waals surface area contributed by atoms with Crippen LogP contribution in [-0.4, -0.2) is 36.2 Å². The first-order valence-electron chi connectivity index (χ1n) is 6.71. The van der Waals surface area contributed by atoms with Crippen molar-refractivity contribution in [1.82, 2.24) is 10.6 Å². The van der Waals surface area contributed by atoms with Gasteiger partial charge in [-0.25, -0.2) is 4.79 Å². The maximum absolute atomic E-state index is 11.6. The molecule has 0 aliphatic heterocycles. The summed E-state index contributed by atoms with van der Waals surface area (Å²) in [4.78, 5) is 23.0. The third-order valence-electron chi connectivity index (χ3n) is 2.87. The van der Waals surface area contributed by atoms with Crippen LogP contribution in [0.3, 0.4) is 0 Å². The highest BCUT2D eigenvalue weighted by molar-refractivity contribution is 5.81. The highest BCUT2D eigenvalue weighted by Crippen LogP contribution is 2.27. The Kier molecular flexibility index (Phi) is 5.17. The number of nitrogens with one attached hydrogen (secondary N) is 2. The van der Waals surface area contributed by atoms with Crippen molar-refractivity contribution in [2.75, 3.05) is 6.54 Å². The Morgan fingerprint density at radius 1 is 1.37 bits per heavy atom. The molecular formula is C13H25N3O3. The van der Waals surface area contributed by atoms with E-state index in [1.165, 1.54) is 12.8 Å². The van der Waals surface area contributed by atoms with Gasteiger partial charge in [0.25, 0.3) is 0 Å². The normalized spacial score (nSPS) is 18.5. The van der Waals surface area contributed by atoms with Crippen LogP contribution >= 0.6 is 0 Å². The lowest BCUT2D eigenvalue weighted by Gasteiger charge is -2.26. The van der Waals surface area contributed by atoms with Gasteiger partial charge in [0.2, 0.25) is 5.91 Å². The molecule has 6 nitrogen and oxygen atoms in total. The van der Waals surface area contributed by atoms with Gasteiger partial charge in [0.05, 0.1) is 6.04 Å². The van der Waals surface area contributed by atoms with Gasteiger partial charge in [-0.2, -0.15) is 0 Å². The van der Waals surface area contributed by atoms with Crippen molar-refractivity contribution >= 4 is 12.0 Å². The van der Waals surface area contributed by atoms with Crippen LogP contribution in [0.15, 0.2) is 0 Å². The molecule has 2 unspecified atom stereocenters. The van der Waals surface area contributed by atoms with Gasteiger partial charge < -0.3 is 21.1 Å². The van der Waals surface area contributed by atoms with Crippen molar-refractivity contribution in [2.45, 2.75) is 58.2 Å². The van der Waals surface area contributed by atoms with Crippen LogP contribution in [-0.2, 0) is 9.53 Å². The summed E-state index contributed by atoms with van der Waals surface area (Å²) in [7, 11) is 0. The standard InChI is InChI=1S/C13H25N3O3/c1-8(16-12(18)19-13(2,3)4)10(11(14)17)15-7-9-5-6-9/h8-10,15H,5-7H2,1-4H3,(H2,14,17)(H,16,18). The zero-order valence-electron chi connectivity index (χ0n) is 12.2. The predicted octanol–water partition coefficient (Wildman–Crippen LogP) is 0.753. The van der Waals surface area contributed by atoms with Gasteiger partial charge >= 0.3 is 6.09 Å². The monoisotopic (exact) mass is 271 g/mol. The Morgan fingerprint density at radius 3 is 2.37 bits per heavy atom. The van der Waals surface area contributed by atoms with E-state index in [1.54, 1.807) is 27.7 Å². The number of primary amides is 1. The zero-order valence-corrected chi connectivity index (χ0v) is 12.2. The van der Waals surface area contributed by atoms with E-state index in [0.29, 0.717) is 5.92 Å². The first-order valence-corrected chi connectivity index (χ1v) is 6.71. The summed E-state index contributed by atoms with van der Waals surface area (Å²) in [6.45, 7) is 7.85. The smallest absolute Gasteiger partial charge is 0.407 e. The van der Waals surface area contributed by atoms with E-state index in [0.717, 1.165) is 6.54 Å². The van der Waals surface area contributed by atoms with Crippen molar-refractivity contribution in [3.8, 4) is 0 Å². The molecule has 0 aromatic carbocycles. The Labute approximate surface area is 114 Å². The van der Waals surface area contributed by atoms with Crippen LogP contribution < -0.4 is 16.4 Å². The molecule has 2 atom stereocenters. The molecule has 110 valence electrons. The molecule has 19 heavy (non-hydrogen) atoms. The van der Waals surface area contributed by atoms with E-state index in [4.69, 9.17) is 10.5 Å². The molecule has 1 aliphatic rings. The SMILES string of the molecule is CC(NC(=O)OC(C)(C)C)C(NCC1CC1)C(N)=O. The quantitative estimate of drug-likeness (QED) is 0.664. The van der Waals surface area contributed by atoms with Gasteiger partial charge in [-0.05, 0) is 53.0 Å². The van der Waals surface area contributed by atoms with Crippen LogP contribution in [0.5, 0.6) is 0 Å². The maximum atomic E-state index is 11.6. The van der Waals surface area contributed by atoms with Gasteiger partial charge in [0.15, 0.2) is 0 Å². The Balaban J connectivity index is 2.43. The molecule has 0 saturated heterocycles. The van der Waals surface area contributed by atoms with E-state index < -0.39 is 29.7 Å². The molecule has 1 rings (SSSR count). The number of rotatable bonds is 6. The highest BCUT2D eigenvalue weighted by Gasteiger charge is 2.29. The van der Waals surface area contributed by atoms with Crippen molar-refractivity contribution in [1.29, 1.82) is 0 Å². The number of carbonyl (C=O) groups excluding carboxylic acids is 2. The summed E-state index contributed by atoms with van der Waals surface area (Å²) < 4.78 is 5.15. The Hall–Kier alpha value is -1.30. The minimum Gasteiger partial charge on any atom is -0.444 e. The number of amides is 2. The highest BCUT2D eigenvalue weighted by atomic mass is 16.6. The lowest BCUT2D eigenvalue weighted by Crippen LogP contribution is -2.55. The van der Waals surface area contributed by atoms with Crippen LogP contribution in [0, 0.1) is 5.92 Å². The lowest BCUT2D eigenvalue weighted by molar-refractivity contribution is -0.120. The molecule has 1 fully saturated rings. The summed E-state index contributed by atoms with van der Waals surface area (Å²) in [6, 6.07) is -0.987. The van der Waals surface area contributed by atoms with Crippen molar-refractivity contribution in [3.63, 3.8) is 0 Å². The molecule has 6 heteroatoms. The fourth-order valence-electron chi connectivity index (χ4n) is 1.72. The second kappa shape index (κ2) is 6.23. The van der Waals surface area contributed by atoms with Crippen LogP contribution in [0.25, 0.3) is 0 Å². The third-order valence-corrected chi connectivity index (χ3v) is 2.87. The van der Waals surface area contributed by atoms with Gasteiger partial charge in [-0.3, -0.25) is 4.79 Å². The molecule has 0 aromatic rings. The van der Waals surface area contributed by atoms with E-state index in [2.05, 4.69) is 10.6 Å². The first kappa shape index (κ1) is 15.8. The minimum atomic E-state index is -0.576. The third kappa shape index (κ3) is 6.42. The molecule has 0 heterocycles. The number of ether oxygens (including phenoxy) is 1. The summed E-state index contributed by atoms with van der Waals surface area (Å²) in [5, 5.41) is 5.74. The van der Waals surface area contributed by atoms with Gasteiger partial charge in [-0.1, -0.05) is 0 Å². The second-order valence-electron chi connectivity index (χ2n) is 6.17. The summed E-state index contributed by atoms with van der Waals surface area (Å²) >= 11 is 0. The minimum absolute atomic E-state index is 0.411. The van der Waals surface area contributed by atoms with Crippen LogP contribution in [0.1, 0.15) is 40.5 Å². The molecule has 0 radical (unpaired) electrons. The van der Waals surface area contributed by atoms with Crippen molar-refractivity contribution in [2.24, 2.45) is 11.7 Å². The summed E-state index contributed by atoms with van der Waals surface area (Å²) in [6.07, 6.45) is 1.83. The molecule has 0 bridgehead atoms. The molecule has 1 aliphatic carbocycles. The molecular weight excluding hydrogens is 246 g/mol. The topological polar surface area (TPSA) is 93.4 Å². The van der Waals surface area contributed by atoms with E-state index in [9.17, 15) is 9.59 Å². The summed E-state index contributed by atoms with van der Waals surface area (Å²) in [5.74, 6) is 0.166. The number of hydrogen-bond donors (Lipinski definition) is 3. The Morgan fingerprint density at radius 2 is 1.95 bits per heavy atom. The average Bonchev–Trinajstić information content (AvgIpc) is 2.97. The van der Waals surface area contributed by atoms with Gasteiger partial charge in [0.1, 0.15) is 11.6 Å². The zero-order chi connectivity index (χ0) is 14.6.